The molecule has 1 atom stereocenters. The Morgan fingerprint density at radius 1 is 1.47 bits per heavy atom. The lowest BCUT2D eigenvalue weighted by molar-refractivity contribution is 0.561. The minimum atomic E-state index is -0.0185. The highest BCUT2D eigenvalue weighted by molar-refractivity contribution is 5.22. The predicted molar refractivity (Wildman–Crippen MR) is 58.3 cm³/mol. The Balaban J connectivity index is 2.11. The summed E-state index contributed by atoms with van der Waals surface area (Å²) in [5.41, 5.74) is 9.39. The number of nitrogens with zero attached hydrogens (tertiary/aromatic N) is 1. The number of hydrogen-bond acceptors (Lipinski definition) is 3. The number of pyridine rings is 1. The first-order valence-corrected chi connectivity index (χ1v) is 4.94. The fourth-order valence-corrected chi connectivity index (χ4v) is 1.56. The molecule has 3 nitrogen and oxygen atoms in total. The third kappa shape index (κ3) is 2.44. The van der Waals surface area contributed by atoms with Crippen molar-refractivity contribution in [3.05, 3.63) is 53.7 Å². The molecule has 2 aromatic heterocycles. The van der Waals surface area contributed by atoms with Crippen LogP contribution in [-0.4, -0.2) is 4.98 Å². The molecule has 0 aliphatic heterocycles. The second-order valence-corrected chi connectivity index (χ2v) is 3.74. The van der Waals surface area contributed by atoms with E-state index in [4.69, 9.17) is 10.2 Å². The average Bonchev–Trinajstić information content (AvgIpc) is 2.70. The minimum absolute atomic E-state index is 0.0185. The summed E-state index contributed by atoms with van der Waals surface area (Å²) in [5, 5.41) is 0. The van der Waals surface area contributed by atoms with E-state index in [1.54, 1.807) is 12.5 Å². The van der Waals surface area contributed by atoms with E-state index in [0.717, 1.165) is 23.1 Å². The van der Waals surface area contributed by atoms with Crippen LogP contribution in [0.3, 0.4) is 0 Å². The fraction of sp³-hybridized carbons (Fsp3) is 0.250. The van der Waals surface area contributed by atoms with Gasteiger partial charge in [-0.2, -0.15) is 0 Å². The normalized spacial score (nSPS) is 12.7. The molecule has 78 valence electrons. The molecule has 0 spiro atoms. The third-order valence-corrected chi connectivity index (χ3v) is 2.36. The van der Waals surface area contributed by atoms with Crippen LogP contribution in [0.1, 0.15) is 22.7 Å². The zero-order chi connectivity index (χ0) is 10.7. The zero-order valence-corrected chi connectivity index (χ0v) is 8.68. The number of aryl methyl sites for hydroxylation is 1. The van der Waals surface area contributed by atoms with E-state index < -0.39 is 0 Å². The number of nitrogens with two attached hydrogens (primary N) is 1. The first-order chi connectivity index (χ1) is 7.25. The lowest BCUT2D eigenvalue weighted by Crippen LogP contribution is -2.13. The molecule has 2 heterocycles. The molecule has 0 aliphatic rings. The van der Waals surface area contributed by atoms with Gasteiger partial charge in [0.15, 0.2) is 0 Å². The van der Waals surface area contributed by atoms with Crippen LogP contribution in [-0.2, 0) is 6.42 Å². The minimum Gasteiger partial charge on any atom is -0.472 e. The van der Waals surface area contributed by atoms with E-state index in [1.165, 1.54) is 0 Å². The van der Waals surface area contributed by atoms with Crippen LogP contribution in [0.5, 0.6) is 0 Å². The van der Waals surface area contributed by atoms with Gasteiger partial charge in [-0.25, -0.2) is 0 Å². The highest BCUT2D eigenvalue weighted by Gasteiger charge is 2.08. The van der Waals surface area contributed by atoms with Crippen molar-refractivity contribution in [2.75, 3.05) is 0 Å². The van der Waals surface area contributed by atoms with E-state index in [-0.39, 0.29) is 6.04 Å². The van der Waals surface area contributed by atoms with Crippen molar-refractivity contribution in [2.45, 2.75) is 19.4 Å². The summed E-state index contributed by atoms with van der Waals surface area (Å²) in [6, 6.07) is 3.98. The number of rotatable bonds is 3. The molecule has 2 rings (SSSR count). The SMILES string of the molecule is Cc1cncc(C(N)Cc2ccoc2)c1. The molecule has 0 saturated heterocycles. The van der Waals surface area contributed by atoms with Crippen molar-refractivity contribution in [1.29, 1.82) is 0 Å². The van der Waals surface area contributed by atoms with Crippen molar-refractivity contribution in [3.8, 4) is 0 Å². The average molecular weight is 202 g/mol. The number of furan rings is 1. The molecule has 1 unspecified atom stereocenters. The highest BCUT2D eigenvalue weighted by Crippen LogP contribution is 2.16. The van der Waals surface area contributed by atoms with Crippen molar-refractivity contribution in [1.82, 2.24) is 4.98 Å². The summed E-state index contributed by atoms with van der Waals surface area (Å²) >= 11 is 0. The molecule has 15 heavy (non-hydrogen) atoms. The number of hydrogen-bond donors (Lipinski definition) is 1. The molecule has 2 aromatic rings. The Labute approximate surface area is 88.9 Å². The predicted octanol–water partition coefficient (Wildman–Crippen LogP) is 2.23. The highest BCUT2D eigenvalue weighted by atomic mass is 16.3. The van der Waals surface area contributed by atoms with E-state index in [9.17, 15) is 0 Å². The van der Waals surface area contributed by atoms with Gasteiger partial charge in [0.2, 0.25) is 0 Å². The first-order valence-electron chi connectivity index (χ1n) is 4.94. The lowest BCUT2D eigenvalue weighted by Gasteiger charge is -2.10. The third-order valence-electron chi connectivity index (χ3n) is 2.36. The lowest BCUT2D eigenvalue weighted by atomic mass is 10.0. The van der Waals surface area contributed by atoms with E-state index >= 15 is 0 Å². The van der Waals surface area contributed by atoms with Gasteiger partial charge < -0.3 is 10.2 Å². The van der Waals surface area contributed by atoms with Crippen molar-refractivity contribution >= 4 is 0 Å². The summed E-state index contributed by atoms with van der Waals surface area (Å²) in [4.78, 5) is 4.13. The van der Waals surface area contributed by atoms with Gasteiger partial charge in [0.05, 0.1) is 12.5 Å². The van der Waals surface area contributed by atoms with Gasteiger partial charge in [-0.15, -0.1) is 0 Å². The van der Waals surface area contributed by atoms with Gasteiger partial charge >= 0.3 is 0 Å². The maximum Gasteiger partial charge on any atom is 0.0935 e. The number of aromatic nitrogens is 1. The molecular formula is C12H14N2O. The van der Waals surface area contributed by atoms with Crippen molar-refractivity contribution in [3.63, 3.8) is 0 Å². The van der Waals surface area contributed by atoms with Crippen molar-refractivity contribution in [2.24, 2.45) is 5.73 Å². The quantitative estimate of drug-likeness (QED) is 0.830. The second kappa shape index (κ2) is 4.28. The molecule has 0 aromatic carbocycles. The van der Waals surface area contributed by atoms with Gasteiger partial charge in [0, 0.05) is 18.4 Å². The maximum atomic E-state index is 6.07. The van der Waals surface area contributed by atoms with Crippen LogP contribution < -0.4 is 5.73 Å². The van der Waals surface area contributed by atoms with E-state index in [0.29, 0.717) is 0 Å². The molecule has 0 radical (unpaired) electrons. The Morgan fingerprint density at radius 2 is 2.33 bits per heavy atom. The smallest absolute Gasteiger partial charge is 0.0935 e. The standard InChI is InChI=1S/C12H14N2O/c1-9-4-11(7-14-6-9)12(13)5-10-2-3-15-8-10/h2-4,6-8,12H,5,13H2,1H3. The van der Waals surface area contributed by atoms with Crippen LogP contribution >= 0.6 is 0 Å². The van der Waals surface area contributed by atoms with E-state index in [2.05, 4.69) is 11.1 Å². The van der Waals surface area contributed by atoms with Gasteiger partial charge in [-0.05, 0) is 36.1 Å². The molecule has 0 fully saturated rings. The summed E-state index contributed by atoms with van der Waals surface area (Å²) in [6.45, 7) is 2.01. The second-order valence-electron chi connectivity index (χ2n) is 3.74. The fourth-order valence-electron chi connectivity index (χ4n) is 1.56. The molecule has 3 heteroatoms. The molecule has 0 bridgehead atoms. The van der Waals surface area contributed by atoms with Gasteiger partial charge in [0.1, 0.15) is 0 Å². The van der Waals surface area contributed by atoms with E-state index in [1.807, 2.05) is 25.4 Å². The molecule has 0 saturated carbocycles. The molecular weight excluding hydrogens is 188 g/mol. The largest absolute Gasteiger partial charge is 0.472 e. The topological polar surface area (TPSA) is 52.0 Å². The summed E-state index contributed by atoms with van der Waals surface area (Å²) in [5.74, 6) is 0. The van der Waals surface area contributed by atoms with Gasteiger partial charge in [-0.3, -0.25) is 4.98 Å². The Kier molecular flexibility index (Phi) is 2.83. The zero-order valence-electron chi connectivity index (χ0n) is 8.68. The van der Waals surface area contributed by atoms with Crippen molar-refractivity contribution < 1.29 is 4.42 Å². The van der Waals surface area contributed by atoms with Gasteiger partial charge in [0.25, 0.3) is 0 Å². The van der Waals surface area contributed by atoms with Crippen LogP contribution in [0.25, 0.3) is 0 Å². The summed E-state index contributed by atoms with van der Waals surface area (Å²) in [7, 11) is 0. The molecule has 0 aliphatic carbocycles. The monoisotopic (exact) mass is 202 g/mol. The van der Waals surface area contributed by atoms with Crippen LogP contribution in [0, 0.1) is 6.92 Å². The van der Waals surface area contributed by atoms with Crippen LogP contribution in [0.15, 0.2) is 41.5 Å². The van der Waals surface area contributed by atoms with Crippen LogP contribution in [0.2, 0.25) is 0 Å². The Hall–Kier alpha value is -1.61. The Bertz CT molecular complexity index is 423. The molecule has 2 N–H and O–H groups in total. The molecule has 0 amide bonds. The summed E-state index contributed by atoms with van der Waals surface area (Å²) < 4.78 is 5.00. The Morgan fingerprint density at radius 3 is 3.00 bits per heavy atom. The first kappa shape index (κ1) is 9.93. The van der Waals surface area contributed by atoms with Crippen LogP contribution in [0.4, 0.5) is 0 Å². The summed E-state index contributed by atoms with van der Waals surface area (Å²) in [6.07, 6.45) is 7.81. The maximum absolute atomic E-state index is 6.07. The van der Waals surface area contributed by atoms with Gasteiger partial charge in [-0.1, -0.05) is 6.07 Å².